The molecule has 148 valence electrons. The van der Waals surface area contributed by atoms with E-state index in [1.54, 1.807) is 25.6 Å². The van der Waals surface area contributed by atoms with Gasteiger partial charge in [-0.25, -0.2) is 4.98 Å². The highest BCUT2D eigenvalue weighted by atomic mass is 32.1. The number of hydrogen-bond acceptors (Lipinski definition) is 5. The number of carbonyl (C=O) groups excluding carboxylic acids is 1. The van der Waals surface area contributed by atoms with Gasteiger partial charge < -0.3 is 19.8 Å². The zero-order valence-electron chi connectivity index (χ0n) is 16.4. The van der Waals surface area contributed by atoms with Crippen LogP contribution in [0.3, 0.4) is 0 Å². The van der Waals surface area contributed by atoms with E-state index in [9.17, 15) is 4.79 Å². The fraction of sp³-hybridized carbons (Fsp3) is 0.182. The molecule has 2 aromatic carbocycles. The first-order valence-electron chi connectivity index (χ1n) is 9.12. The van der Waals surface area contributed by atoms with E-state index in [2.05, 4.69) is 15.3 Å². The molecule has 4 rings (SSSR count). The van der Waals surface area contributed by atoms with E-state index in [1.165, 1.54) is 0 Å². The van der Waals surface area contributed by atoms with Crippen LogP contribution in [0.25, 0.3) is 22.4 Å². The number of nitrogens with zero attached hydrogens (tertiary/aromatic N) is 1. The Morgan fingerprint density at radius 2 is 1.93 bits per heavy atom. The van der Waals surface area contributed by atoms with Crippen molar-refractivity contribution in [2.24, 2.45) is 0 Å². The van der Waals surface area contributed by atoms with Crippen molar-refractivity contribution < 1.29 is 14.3 Å². The van der Waals surface area contributed by atoms with Gasteiger partial charge in [-0.1, -0.05) is 18.2 Å². The second kappa shape index (κ2) is 7.97. The molecule has 0 unspecified atom stereocenters. The van der Waals surface area contributed by atoms with Crippen molar-refractivity contribution in [3.8, 4) is 22.9 Å². The zero-order valence-corrected chi connectivity index (χ0v) is 17.2. The molecule has 0 aliphatic carbocycles. The molecule has 0 spiro atoms. The summed E-state index contributed by atoms with van der Waals surface area (Å²) in [5, 5.41) is 4.99. The van der Waals surface area contributed by atoms with Gasteiger partial charge >= 0.3 is 0 Å². The molecular formula is C22H21N3O3S. The van der Waals surface area contributed by atoms with Gasteiger partial charge in [0.15, 0.2) is 11.5 Å². The van der Waals surface area contributed by atoms with Crippen LogP contribution >= 0.6 is 11.3 Å². The first kappa shape index (κ1) is 19.0. The van der Waals surface area contributed by atoms with Crippen molar-refractivity contribution >= 4 is 34.0 Å². The van der Waals surface area contributed by atoms with Gasteiger partial charge in [0, 0.05) is 28.3 Å². The van der Waals surface area contributed by atoms with Gasteiger partial charge in [-0.15, -0.1) is 11.3 Å². The first-order chi connectivity index (χ1) is 14.1. The number of hydrogen-bond donors (Lipinski definition) is 2. The van der Waals surface area contributed by atoms with E-state index >= 15 is 0 Å². The highest BCUT2D eigenvalue weighted by Crippen LogP contribution is 2.33. The average Bonchev–Trinajstić information content (AvgIpc) is 3.37. The lowest BCUT2D eigenvalue weighted by Crippen LogP contribution is -2.14. The monoisotopic (exact) mass is 407 g/mol. The van der Waals surface area contributed by atoms with Crippen molar-refractivity contribution in [1.29, 1.82) is 0 Å². The molecule has 0 aliphatic rings. The topological polar surface area (TPSA) is 76.2 Å². The number of thiophene rings is 1. The van der Waals surface area contributed by atoms with Crippen LogP contribution in [0.4, 0.5) is 5.69 Å². The molecule has 2 heterocycles. The number of aromatic nitrogens is 2. The Labute approximate surface area is 172 Å². The lowest BCUT2D eigenvalue weighted by Gasteiger charge is -2.09. The van der Waals surface area contributed by atoms with Crippen molar-refractivity contribution in [3.63, 3.8) is 0 Å². The number of H-pyrrole nitrogens is 1. The molecule has 7 heteroatoms. The third-order valence-electron chi connectivity index (χ3n) is 4.69. The Hall–Kier alpha value is -3.32. The summed E-state index contributed by atoms with van der Waals surface area (Å²) < 4.78 is 10.7. The Bertz CT molecular complexity index is 1120. The molecule has 0 saturated carbocycles. The van der Waals surface area contributed by atoms with Gasteiger partial charge in [0.25, 0.3) is 0 Å². The number of fused-ring (bicyclic) bond motifs is 1. The van der Waals surface area contributed by atoms with E-state index in [1.807, 2.05) is 54.8 Å². The molecule has 0 bridgehead atoms. The van der Waals surface area contributed by atoms with Crippen molar-refractivity contribution in [3.05, 3.63) is 58.3 Å². The van der Waals surface area contributed by atoms with E-state index in [0.29, 0.717) is 23.7 Å². The fourth-order valence-corrected chi connectivity index (χ4v) is 3.85. The summed E-state index contributed by atoms with van der Waals surface area (Å²) in [5.74, 6) is 1.94. The van der Waals surface area contributed by atoms with Crippen molar-refractivity contribution in [1.82, 2.24) is 9.97 Å². The number of nitrogens with one attached hydrogen (secondary N) is 2. The van der Waals surface area contributed by atoms with Gasteiger partial charge in [0.05, 0.1) is 31.7 Å². The standard InChI is InChI=1S/C22H21N3O3S/c1-13-6-7-14(9-16(13)23-21(26)10-15-5-4-8-29-15)22-24-17-11-19(27-2)20(28-3)12-18(17)25-22/h4-9,11-12H,10H2,1-3H3,(H,23,26)(H,24,25). The van der Waals surface area contributed by atoms with Gasteiger partial charge in [-0.05, 0) is 30.0 Å². The molecule has 4 aromatic rings. The Morgan fingerprint density at radius 1 is 1.14 bits per heavy atom. The number of aromatic amines is 1. The largest absolute Gasteiger partial charge is 0.493 e. The summed E-state index contributed by atoms with van der Waals surface area (Å²) in [6.07, 6.45) is 0.367. The summed E-state index contributed by atoms with van der Waals surface area (Å²) in [6.45, 7) is 1.97. The first-order valence-corrected chi connectivity index (χ1v) is 10.0. The number of aryl methyl sites for hydroxylation is 1. The number of benzene rings is 2. The molecule has 0 atom stereocenters. The van der Waals surface area contributed by atoms with Gasteiger partial charge in [0.1, 0.15) is 5.82 Å². The van der Waals surface area contributed by atoms with Crippen molar-refractivity contribution in [2.45, 2.75) is 13.3 Å². The van der Waals surface area contributed by atoms with Crippen LogP contribution in [-0.4, -0.2) is 30.1 Å². The van der Waals surface area contributed by atoms with E-state index in [4.69, 9.17) is 9.47 Å². The number of methoxy groups -OCH3 is 2. The molecular weight excluding hydrogens is 386 g/mol. The minimum absolute atomic E-state index is 0.0354. The highest BCUT2D eigenvalue weighted by Gasteiger charge is 2.13. The molecule has 6 nitrogen and oxygen atoms in total. The zero-order chi connectivity index (χ0) is 20.4. The van der Waals surface area contributed by atoms with Gasteiger partial charge in [-0.2, -0.15) is 0 Å². The smallest absolute Gasteiger partial charge is 0.229 e. The third-order valence-corrected chi connectivity index (χ3v) is 5.56. The minimum atomic E-state index is -0.0354. The maximum atomic E-state index is 12.4. The molecule has 0 saturated heterocycles. The van der Waals surface area contributed by atoms with Crippen LogP contribution < -0.4 is 14.8 Å². The predicted molar refractivity (Wildman–Crippen MR) is 116 cm³/mol. The Balaban J connectivity index is 1.63. The van der Waals surface area contributed by atoms with E-state index in [-0.39, 0.29) is 5.91 Å². The minimum Gasteiger partial charge on any atom is -0.493 e. The number of imidazole rings is 1. The van der Waals surface area contributed by atoms with Gasteiger partial charge in [0.2, 0.25) is 5.91 Å². The third kappa shape index (κ3) is 3.95. The number of carbonyl (C=O) groups is 1. The molecule has 0 fully saturated rings. The molecule has 2 N–H and O–H groups in total. The molecule has 2 aromatic heterocycles. The maximum Gasteiger partial charge on any atom is 0.229 e. The summed E-state index contributed by atoms with van der Waals surface area (Å²) in [4.78, 5) is 21.4. The number of ether oxygens (including phenoxy) is 2. The van der Waals surface area contributed by atoms with E-state index < -0.39 is 0 Å². The quantitative estimate of drug-likeness (QED) is 0.481. The van der Waals surface area contributed by atoms with Crippen LogP contribution in [0.5, 0.6) is 11.5 Å². The van der Waals surface area contributed by atoms with Crippen LogP contribution in [0.1, 0.15) is 10.4 Å². The Morgan fingerprint density at radius 3 is 2.66 bits per heavy atom. The normalized spacial score (nSPS) is 10.9. The summed E-state index contributed by atoms with van der Waals surface area (Å²) in [7, 11) is 3.20. The summed E-state index contributed by atoms with van der Waals surface area (Å²) in [5.41, 5.74) is 4.28. The fourth-order valence-electron chi connectivity index (χ4n) is 3.14. The van der Waals surface area contributed by atoms with E-state index in [0.717, 1.165) is 32.7 Å². The number of amides is 1. The summed E-state index contributed by atoms with van der Waals surface area (Å²) in [6, 6.07) is 13.5. The number of anilines is 1. The van der Waals surface area contributed by atoms with Crippen LogP contribution in [0, 0.1) is 6.92 Å². The molecule has 29 heavy (non-hydrogen) atoms. The second-order valence-corrected chi connectivity index (χ2v) is 7.68. The summed E-state index contributed by atoms with van der Waals surface area (Å²) >= 11 is 1.58. The second-order valence-electron chi connectivity index (χ2n) is 6.64. The number of rotatable bonds is 6. The molecule has 0 radical (unpaired) electrons. The Kier molecular flexibility index (Phi) is 5.22. The SMILES string of the molecule is COc1cc2nc(-c3ccc(C)c(NC(=O)Cc4cccs4)c3)[nH]c2cc1OC. The van der Waals surface area contributed by atoms with Crippen LogP contribution in [0.2, 0.25) is 0 Å². The van der Waals surface area contributed by atoms with Gasteiger partial charge in [-0.3, -0.25) is 4.79 Å². The average molecular weight is 407 g/mol. The lowest BCUT2D eigenvalue weighted by molar-refractivity contribution is -0.115. The molecule has 0 aliphatic heterocycles. The maximum absolute atomic E-state index is 12.4. The van der Waals surface area contributed by atoms with Crippen LogP contribution in [0.15, 0.2) is 47.8 Å². The predicted octanol–water partition coefficient (Wildman–Crippen LogP) is 4.80. The molecule has 1 amide bonds. The van der Waals surface area contributed by atoms with Crippen LogP contribution in [-0.2, 0) is 11.2 Å². The highest BCUT2D eigenvalue weighted by molar-refractivity contribution is 7.10. The van der Waals surface area contributed by atoms with Crippen molar-refractivity contribution in [2.75, 3.05) is 19.5 Å². The lowest BCUT2D eigenvalue weighted by atomic mass is 10.1.